The summed E-state index contributed by atoms with van der Waals surface area (Å²) in [5, 5.41) is 12.9. The summed E-state index contributed by atoms with van der Waals surface area (Å²) in [6.45, 7) is 7.08. The average molecular weight is 427 g/mol. The van der Waals surface area contributed by atoms with Crippen molar-refractivity contribution < 1.29 is 19.4 Å². The fourth-order valence-corrected chi connectivity index (χ4v) is 4.26. The number of aliphatic carboxylic acids is 1. The van der Waals surface area contributed by atoms with E-state index >= 15 is 0 Å². The van der Waals surface area contributed by atoms with Crippen molar-refractivity contribution in [3.05, 3.63) is 53.6 Å². The number of carboxylic acids is 1. The predicted octanol–water partition coefficient (Wildman–Crippen LogP) is 4.95. The van der Waals surface area contributed by atoms with Gasteiger partial charge in [-0.05, 0) is 56.5 Å². The summed E-state index contributed by atoms with van der Waals surface area (Å²) in [5.41, 5.74) is 5.30. The Bertz CT molecular complexity index is 847. The Hall–Kier alpha value is -2.57. The number of ether oxygens (including phenoxy) is 2. The molecule has 0 aromatic heterocycles. The van der Waals surface area contributed by atoms with Gasteiger partial charge in [-0.15, -0.1) is 0 Å². The van der Waals surface area contributed by atoms with Crippen molar-refractivity contribution in [2.24, 2.45) is 0 Å². The monoisotopic (exact) mass is 426 g/mol. The lowest BCUT2D eigenvalue weighted by molar-refractivity contribution is -0.137. The van der Waals surface area contributed by atoms with Gasteiger partial charge in [-0.1, -0.05) is 23.8 Å². The molecule has 6 heteroatoms. The van der Waals surface area contributed by atoms with Gasteiger partial charge in [0.1, 0.15) is 0 Å². The van der Waals surface area contributed by atoms with E-state index in [1.807, 2.05) is 6.07 Å². The summed E-state index contributed by atoms with van der Waals surface area (Å²) >= 11 is 0. The number of aryl methyl sites for hydroxylation is 1. The van der Waals surface area contributed by atoms with Crippen molar-refractivity contribution in [2.45, 2.75) is 45.1 Å². The van der Waals surface area contributed by atoms with Gasteiger partial charge in [0.2, 0.25) is 0 Å². The summed E-state index contributed by atoms with van der Waals surface area (Å²) in [6.07, 6.45) is 2.05. The van der Waals surface area contributed by atoms with E-state index in [4.69, 9.17) is 9.47 Å². The van der Waals surface area contributed by atoms with Crippen molar-refractivity contribution in [1.29, 1.82) is 0 Å². The maximum atomic E-state index is 11.4. The van der Waals surface area contributed by atoms with Crippen molar-refractivity contribution in [3.63, 3.8) is 0 Å². The van der Waals surface area contributed by atoms with Crippen LogP contribution >= 0.6 is 0 Å². The number of hydrogen-bond donors (Lipinski definition) is 2. The highest BCUT2D eigenvalue weighted by molar-refractivity contribution is 5.77. The fraction of sp³-hybridized carbons (Fsp3) is 0.480. The number of benzene rings is 2. The quantitative estimate of drug-likeness (QED) is 0.560. The van der Waals surface area contributed by atoms with Gasteiger partial charge in [0, 0.05) is 44.5 Å². The van der Waals surface area contributed by atoms with E-state index in [1.165, 1.54) is 5.56 Å². The number of nitrogens with zero attached hydrogens (tertiary/aromatic N) is 1. The number of methoxy groups -OCH3 is 1. The first-order valence-corrected chi connectivity index (χ1v) is 11.0. The molecule has 0 radical (unpaired) electrons. The van der Waals surface area contributed by atoms with Crippen LogP contribution in [0.25, 0.3) is 0 Å². The van der Waals surface area contributed by atoms with Crippen LogP contribution in [0.4, 0.5) is 17.1 Å². The molecule has 0 amide bonds. The largest absolute Gasteiger partial charge is 0.481 e. The second-order valence-electron chi connectivity index (χ2n) is 8.15. The van der Waals surface area contributed by atoms with Gasteiger partial charge in [0.05, 0.1) is 24.4 Å². The summed E-state index contributed by atoms with van der Waals surface area (Å²) in [6, 6.07) is 15.0. The minimum atomic E-state index is -0.823. The molecule has 0 aliphatic carbocycles. The Morgan fingerprint density at radius 1 is 1.23 bits per heavy atom. The molecule has 168 valence electrons. The number of carbonyl (C=O) groups is 1. The first-order chi connectivity index (χ1) is 15.0. The van der Waals surface area contributed by atoms with Crippen LogP contribution in [0.3, 0.4) is 0 Å². The molecule has 2 aromatic rings. The molecule has 2 N–H and O–H groups in total. The summed E-state index contributed by atoms with van der Waals surface area (Å²) in [7, 11) is 1.61. The molecule has 1 atom stereocenters. The highest BCUT2D eigenvalue weighted by atomic mass is 16.5. The summed E-state index contributed by atoms with van der Waals surface area (Å²) < 4.78 is 10.9. The van der Waals surface area contributed by atoms with Gasteiger partial charge in [0.25, 0.3) is 0 Å². The summed E-state index contributed by atoms with van der Waals surface area (Å²) in [5.74, 6) is -1.02. The Morgan fingerprint density at radius 3 is 2.55 bits per heavy atom. The molecule has 6 nitrogen and oxygen atoms in total. The van der Waals surface area contributed by atoms with Gasteiger partial charge in [-0.3, -0.25) is 4.79 Å². The number of hydrogen-bond acceptors (Lipinski definition) is 5. The zero-order valence-electron chi connectivity index (χ0n) is 18.8. The Labute approximate surface area is 185 Å². The third kappa shape index (κ3) is 6.21. The molecule has 0 bridgehead atoms. The fourth-order valence-electron chi connectivity index (χ4n) is 4.26. The van der Waals surface area contributed by atoms with Crippen molar-refractivity contribution in [3.8, 4) is 0 Å². The second kappa shape index (κ2) is 11.2. The zero-order chi connectivity index (χ0) is 22.2. The lowest BCUT2D eigenvalue weighted by Gasteiger charge is -2.37. The maximum Gasteiger partial charge on any atom is 0.304 e. The van der Waals surface area contributed by atoms with E-state index in [0.29, 0.717) is 12.6 Å². The van der Waals surface area contributed by atoms with E-state index in [2.05, 4.69) is 60.5 Å². The highest BCUT2D eigenvalue weighted by Crippen LogP contribution is 2.35. The Kier molecular flexibility index (Phi) is 8.32. The van der Waals surface area contributed by atoms with Crippen LogP contribution in [-0.2, 0) is 14.3 Å². The predicted molar refractivity (Wildman–Crippen MR) is 125 cm³/mol. The van der Waals surface area contributed by atoms with Gasteiger partial charge >= 0.3 is 5.97 Å². The Morgan fingerprint density at radius 2 is 1.94 bits per heavy atom. The number of carboxylic acid groups (broad SMARTS) is 1. The summed E-state index contributed by atoms with van der Waals surface area (Å²) in [4.78, 5) is 13.8. The first kappa shape index (κ1) is 23.1. The molecule has 1 saturated heterocycles. The zero-order valence-corrected chi connectivity index (χ0v) is 18.8. The molecule has 1 heterocycles. The normalized spacial score (nSPS) is 15.5. The van der Waals surface area contributed by atoms with Crippen LogP contribution in [0.2, 0.25) is 0 Å². The van der Waals surface area contributed by atoms with E-state index in [-0.39, 0.29) is 12.3 Å². The molecule has 0 saturated carbocycles. The molecule has 31 heavy (non-hydrogen) atoms. The molecular formula is C25H34N2O4. The minimum absolute atomic E-state index is 0.0363. The van der Waals surface area contributed by atoms with Crippen LogP contribution in [0.5, 0.6) is 0 Å². The first-order valence-electron chi connectivity index (χ1n) is 11.0. The lowest BCUT2D eigenvalue weighted by atomic mass is 9.94. The third-order valence-electron chi connectivity index (χ3n) is 5.89. The third-order valence-corrected chi connectivity index (χ3v) is 5.89. The highest BCUT2D eigenvalue weighted by Gasteiger charge is 2.24. The molecule has 0 unspecified atom stereocenters. The second-order valence-corrected chi connectivity index (χ2v) is 8.15. The molecule has 3 rings (SSSR count). The SMILES string of the molecule is CCN(c1ccc([C@@H](COC)CC(=O)O)cc1Nc1ccc(C)cc1)C1CCOCC1. The van der Waals surface area contributed by atoms with Crippen molar-refractivity contribution in [1.82, 2.24) is 0 Å². The molecule has 0 spiro atoms. The average Bonchev–Trinajstić information content (AvgIpc) is 2.77. The molecular weight excluding hydrogens is 392 g/mol. The van der Waals surface area contributed by atoms with E-state index < -0.39 is 5.97 Å². The van der Waals surface area contributed by atoms with Crippen LogP contribution in [-0.4, -0.2) is 50.6 Å². The molecule has 1 aliphatic rings. The maximum absolute atomic E-state index is 11.4. The molecule has 1 aliphatic heterocycles. The van der Waals surface area contributed by atoms with E-state index in [9.17, 15) is 9.90 Å². The van der Waals surface area contributed by atoms with Gasteiger partial charge in [0.15, 0.2) is 0 Å². The smallest absolute Gasteiger partial charge is 0.304 e. The van der Waals surface area contributed by atoms with Gasteiger partial charge in [-0.25, -0.2) is 0 Å². The van der Waals surface area contributed by atoms with Crippen molar-refractivity contribution >= 4 is 23.0 Å². The molecule has 1 fully saturated rings. The van der Waals surface area contributed by atoms with E-state index in [0.717, 1.165) is 55.2 Å². The minimum Gasteiger partial charge on any atom is -0.481 e. The lowest BCUT2D eigenvalue weighted by Crippen LogP contribution is -2.39. The number of anilines is 3. The van der Waals surface area contributed by atoms with Crippen LogP contribution in [0, 0.1) is 6.92 Å². The standard InChI is InChI=1S/C25H34N2O4/c1-4-27(22-11-13-31-14-12-22)24-10-7-19(20(17-30-3)16-25(28)29)15-23(24)26-21-8-5-18(2)6-9-21/h5-10,15,20,22,26H,4,11-14,16-17H2,1-3H3,(H,28,29)/t20-/m1/s1. The topological polar surface area (TPSA) is 71.0 Å². The number of nitrogens with one attached hydrogen (secondary N) is 1. The van der Waals surface area contributed by atoms with Gasteiger partial charge < -0.3 is 24.8 Å². The van der Waals surface area contributed by atoms with Crippen molar-refractivity contribution in [2.75, 3.05) is 43.7 Å². The number of rotatable bonds is 10. The molecule has 2 aromatic carbocycles. The van der Waals surface area contributed by atoms with Crippen LogP contribution in [0.15, 0.2) is 42.5 Å². The van der Waals surface area contributed by atoms with Crippen LogP contribution < -0.4 is 10.2 Å². The van der Waals surface area contributed by atoms with E-state index in [1.54, 1.807) is 7.11 Å². The van der Waals surface area contributed by atoms with Gasteiger partial charge in [-0.2, -0.15) is 0 Å². The van der Waals surface area contributed by atoms with Crippen LogP contribution in [0.1, 0.15) is 43.2 Å². The Balaban J connectivity index is 1.99.